The Balaban J connectivity index is 1.89. The van der Waals surface area contributed by atoms with E-state index in [-0.39, 0.29) is 16.4 Å². The number of aliphatic hydroxyl groups is 1. The second-order valence-corrected chi connectivity index (χ2v) is 9.82. The van der Waals surface area contributed by atoms with Gasteiger partial charge in [-0.25, -0.2) is 8.42 Å². The Morgan fingerprint density at radius 2 is 1.65 bits per heavy atom. The molecule has 7 heteroatoms. The van der Waals surface area contributed by atoms with Crippen LogP contribution in [0.3, 0.4) is 0 Å². The molecule has 3 aromatic rings. The van der Waals surface area contributed by atoms with Gasteiger partial charge in [0.1, 0.15) is 4.90 Å². The number of hydrogen-bond acceptors (Lipinski definition) is 6. The zero-order chi connectivity index (χ0) is 22.0. The Labute approximate surface area is 184 Å². The highest BCUT2D eigenvalue weighted by Crippen LogP contribution is 2.36. The number of aromatic nitrogens is 1. The monoisotopic (exact) mass is 439 g/mol. The van der Waals surface area contributed by atoms with Crippen LogP contribution in [0.15, 0.2) is 58.5 Å². The van der Waals surface area contributed by atoms with E-state index >= 15 is 0 Å². The second kappa shape index (κ2) is 8.94. The summed E-state index contributed by atoms with van der Waals surface area (Å²) in [7, 11) is -3.75. The highest BCUT2D eigenvalue weighted by molar-refractivity contribution is 7.91. The normalized spacial score (nSPS) is 15.5. The molecule has 0 radical (unpaired) electrons. The number of nitrogens with zero attached hydrogens (tertiary/aromatic N) is 3. The van der Waals surface area contributed by atoms with Gasteiger partial charge in [0.15, 0.2) is 0 Å². The van der Waals surface area contributed by atoms with Gasteiger partial charge in [0.2, 0.25) is 9.84 Å². The van der Waals surface area contributed by atoms with Crippen molar-refractivity contribution in [1.29, 1.82) is 0 Å². The molecule has 0 aliphatic carbocycles. The molecule has 2 heterocycles. The molecule has 4 rings (SSSR count). The highest BCUT2D eigenvalue weighted by atomic mass is 32.2. The van der Waals surface area contributed by atoms with Crippen LogP contribution in [0.2, 0.25) is 0 Å². The standard InChI is InChI=1S/C24H29N3O3S/c1-3-18-5-8-20(9-6-18)31(29,30)23-16-25-22-10-7-19(17-28)15-21(22)24(23)27-13-11-26(4-2)12-14-27/h5-10,15-16,28H,3-4,11-14,17H2,1-2H3. The molecule has 1 saturated heterocycles. The van der Waals surface area contributed by atoms with Crippen molar-refractivity contribution >= 4 is 26.4 Å². The summed E-state index contributed by atoms with van der Waals surface area (Å²) in [6.07, 6.45) is 2.35. The summed E-state index contributed by atoms with van der Waals surface area (Å²) in [6.45, 7) is 8.31. The van der Waals surface area contributed by atoms with Crippen LogP contribution < -0.4 is 4.90 Å². The van der Waals surface area contributed by atoms with Crippen LogP contribution in [-0.4, -0.2) is 56.1 Å². The predicted octanol–water partition coefficient (Wildman–Crippen LogP) is 3.26. The van der Waals surface area contributed by atoms with Gasteiger partial charge in [-0.1, -0.05) is 32.0 Å². The number of fused-ring (bicyclic) bond motifs is 1. The molecular formula is C24H29N3O3S. The molecule has 0 unspecified atom stereocenters. The minimum atomic E-state index is -3.75. The largest absolute Gasteiger partial charge is 0.392 e. The molecule has 0 spiro atoms. The summed E-state index contributed by atoms with van der Waals surface area (Å²) in [5, 5.41) is 10.4. The molecule has 1 N–H and O–H groups in total. The third-order valence-corrected chi connectivity index (χ3v) is 7.89. The first kappa shape index (κ1) is 21.7. The Morgan fingerprint density at radius 1 is 0.968 bits per heavy atom. The van der Waals surface area contributed by atoms with E-state index in [4.69, 9.17) is 0 Å². The van der Waals surface area contributed by atoms with Gasteiger partial charge in [-0.3, -0.25) is 4.98 Å². The van der Waals surface area contributed by atoms with Crippen molar-refractivity contribution in [1.82, 2.24) is 9.88 Å². The van der Waals surface area contributed by atoms with Crippen LogP contribution in [0.4, 0.5) is 5.69 Å². The second-order valence-electron chi connectivity index (χ2n) is 7.90. The van der Waals surface area contributed by atoms with Gasteiger partial charge in [0.25, 0.3) is 0 Å². The van der Waals surface area contributed by atoms with Gasteiger partial charge in [-0.05, 0) is 48.4 Å². The number of sulfone groups is 1. The third-order valence-electron chi connectivity index (χ3n) is 6.12. The zero-order valence-electron chi connectivity index (χ0n) is 18.1. The van der Waals surface area contributed by atoms with Crippen LogP contribution >= 0.6 is 0 Å². The third kappa shape index (κ3) is 4.18. The maximum absolute atomic E-state index is 13.7. The topological polar surface area (TPSA) is 73.7 Å². The van der Waals surface area contributed by atoms with Crippen molar-refractivity contribution in [2.24, 2.45) is 0 Å². The predicted molar refractivity (Wildman–Crippen MR) is 123 cm³/mol. The highest BCUT2D eigenvalue weighted by Gasteiger charge is 2.28. The summed E-state index contributed by atoms with van der Waals surface area (Å²) < 4.78 is 27.4. The van der Waals surface area contributed by atoms with Crippen molar-refractivity contribution in [3.05, 3.63) is 59.8 Å². The molecule has 164 valence electrons. The summed E-state index contributed by atoms with van der Waals surface area (Å²) >= 11 is 0. The van der Waals surface area contributed by atoms with Crippen molar-refractivity contribution in [2.45, 2.75) is 36.7 Å². The summed E-state index contributed by atoms with van der Waals surface area (Å²) in [4.78, 5) is 9.49. The Morgan fingerprint density at radius 3 is 2.26 bits per heavy atom. The molecule has 31 heavy (non-hydrogen) atoms. The summed E-state index contributed by atoms with van der Waals surface area (Å²) in [6, 6.07) is 12.6. The lowest BCUT2D eigenvalue weighted by Gasteiger charge is -2.36. The van der Waals surface area contributed by atoms with Crippen LogP contribution in [0.5, 0.6) is 0 Å². The van der Waals surface area contributed by atoms with E-state index in [1.807, 2.05) is 37.3 Å². The fourth-order valence-electron chi connectivity index (χ4n) is 4.15. The molecular weight excluding hydrogens is 410 g/mol. The van der Waals surface area contributed by atoms with E-state index in [1.54, 1.807) is 12.1 Å². The van der Waals surface area contributed by atoms with Gasteiger partial charge < -0.3 is 14.9 Å². The van der Waals surface area contributed by atoms with Gasteiger partial charge in [-0.15, -0.1) is 0 Å². The number of aliphatic hydroxyl groups excluding tert-OH is 1. The van der Waals surface area contributed by atoms with Crippen molar-refractivity contribution in [3.8, 4) is 0 Å². The van der Waals surface area contributed by atoms with E-state index in [0.717, 1.165) is 61.2 Å². The lowest BCUT2D eigenvalue weighted by Crippen LogP contribution is -2.46. The maximum atomic E-state index is 13.7. The van der Waals surface area contributed by atoms with Crippen LogP contribution in [-0.2, 0) is 22.9 Å². The lowest BCUT2D eigenvalue weighted by atomic mass is 10.1. The fraction of sp³-hybridized carbons (Fsp3) is 0.375. The number of likely N-dealkylation sites (N-methyl/N-ethyl adjacent to an activating group) is 1. The number of piperazine rings is 1. The van der Waals surface area contributed by atoms with E-state index in [2.05, 4.69) is 21.7 Å². The molecule has 1 fully saturated rings. The molecule has 6 nitrogen and oxygen atoms in total. The zero-order valence-corrected chi connectivity index (χ0v) is 18.9. The Bertz CT molecular complexity index is 1170. The number of pyridine rings is 1. The van der Waals surface area contributed by atoms with Crippen LogP contribution in [0, 0.1) is 0 Å². The molecule has 1 aliphatic rings. The van der Waals surface area contributed by atoms with Gasteiger partial charge in [-0.2, -0.15) is 0 Å². The van der Waals surface area contributed by atoms with E-state index in [1.165, 1.54) is 6.20 Å². The van der Waals surface area contributed by atoms with E-state index in [0.29, 0.717) is 5.69 Å². The van der Waals surface area contributed by atoms with Crippen LogP contribution in [0.25, 0.3) is 10.9 Å². The first-order chi connectivity index (χ1) is 15.0. The summed E-state index contributed by atoms with van der Waals surface area (Å²) in [5.74, 6) is 0. The Hall–Kier alpha value is -2.48. The Kier molecular flexibility index (Phi) is 6.27. The molecule has 0 saturated carbocycles. The van der Waals surface area contributed by atoms with Crippen LogP contribution in [0.1, 0.15) is 25.0 Å². The number of aryl methyl sites for hydroxylation is 1. The first-order valence-corrected chi connectivity index (χ1v) is 12.3. The van der Waals surface area contributed by atoms with Gasteiger partial charge in [0, 0.05) is 37.8 Å². The minimum Gasteiger partial charge on any atom is -0.392 e. The molecule has 0 atom stereocenters. The molecule has 0 bridgehead atoms. The number of anilines is 1. The first-order valence-electron chi connectivity index (χ1n) is 10.8. The molecule has 2 aromatic carbocycles. The quantitative estimate of drug-likeness (QED) is 0.636. The number of rotatable bonds is 6. The summed E-state index contributed by atoms with van der Waals surface area (Å²) in [5.41, 5.74) is 3.25. The average molecular weight is 440 g/mol. The molecule has 1 aromatic heterocycles. The SMILES string of the molecule is CCc1ccc(S(=O)(=O)c2cnc3ccc(CO)cc3c2N2CCN(CC)CC2)cc1. The fourth-order valence-corrected chi connectivity index (χ4v) is 5.58. The van der Waals surface area contributed by atoms with Crippen molar-refractivity contribution in [2.75, 3.05) is 37.6 Å². The van der Waals surface area contributed by atoms with Gasteiger partial charge >= 0.3 is 0 Å². The van der Waals surface area contributed by atoms with Crippen molar-refractivity contribution in [3.63, 3.8) is 0 Å². The van der Waals surface area contributed by atoms with Crippen molar-refractivity contribution < 1.29 is 13.5 Å². The number of benzene rings is 2. The smallest absolute Gasteiger partial charge is 0.210 e. The average Bonchev–Trinajstić information content (AvgIpc) is 2.83. The number of hydrogen-bond donors (Lipinski definition) is 1. The molecule has 1 aliphatic heterocycles. The molecule has 0 amide bonds. The lowest BCUT2D eigenvalue weighted by molar-refractivity contribution is 0.271. The minimum absolute atomic E-state index is 0.103. The van der Waals surface area contributed by atoms with E-state index in [9.17, 15) is 13.5 Å². The maximum Gasteiger partial charge on any atom is 0.210 e. The van der Waals surface area contributed by atoms with E-state index < -0.39 is 9.84 Å². The van der Waals surface area contributed by atoms with Gasteiger partial charge in [0.05, 0.1) is 22.7 Å².